The number of imidazole rings is 1. The Bertz CT molecular complexity index is 518. The zero-order chi connectivity index (χ0) is 14.7. The molecule has 1 saturated heterocycles. The molecule has 1 unspecified atom stereocenters. The van der Waals surface area contributed by atoms with Crippen molar-refractivity contribution in [3.63, 3.8) is 0 Å². The lowest BCUT2D eigenvalue weighted by Crippen LogP contribution is -2.41. The van der Waals surface area contributed by atoms with Crippen molar-refractivity contribution in [1.29, 1.82) is 0 Å². The first-order valence-corrected chi connectivity index (χ1v) is 7.52. The Morgan fingerprint density at radius 2 is 2.40 bits per heavy atom. The highest BCUT2D eigenvalue weighted by atomic mass is 32.1. The molecule has 6 nitrogen and oxygen atoms in total. The number of nitrogens with zero attached hydrogens (tertiary/aromatic N) is 4. The van der Waals surface area contributed by atoms with E-state index in [0.717, 1.165) is 25.8 Å². The number of hydrogen-bond acceptors (Lipinski definition) is 4. The van der Waals surface area contributed by atoms with Crippen LogP contribution >= 0.6 is 24.8 Å². The van der Waals surface area contributed by atoms with Crippen LogP contribution in [0.4, 0.5) is 5.82 Å². The number of aryl methyl sites for hydroxylation is 1. The van der Waals surface area contributed by atoms with Gasteiger partial charge in [0.05, 0.1) is 6.54 Å². The molecule has 0 bridgehead atoms. The second-order valence-electron chi connectivity index (χ2n) is 4.99. The molecule has 1 aliphatic rings. The summed E-state index contributed by atoms with van der Waals surface area (Å²) in [6, 6.07) is 0.315. The molecule has 1 fully saturated rings. The Morgan fingerprint density at radius 3 is 3.05 bits per heavy atom. The zero-order valence-corrected chi connectivity index (χ0v) is 13.1. The van der Waals surface area contributed by atoms with E-state index < -0.39 is 0 Å². The topological polar surface area (TPSA) is 64.2 Å². The average Bonchev–Trinajstić information content (AvgIpc) is 2.78. The van der Waals surface area contributed by atoms with Crippen molar-refractivity contribution in [2.75, 3.05) is 6.54 Å². The number of nitro groups is 1. The molecule has 0 saturated carbocycles. The van der Waals surface area contributed by atoms with Gasteiger partial charge >= 0.3 is 5.82 Å². The molecule has 0 amide bonds. The number of rotatable bonds is 4. The summed E-state index contributed by atoms with van der Waals surface area (Å²) >= 11 is 9.43. The molecule has 0 radical (unpaired) electrons. The molecule has 110 valence electrons. The monoisotopic (exact) mass is 314 g/mol. The molecule has 1 aromatic heterocycles. The van der Waals surface area contributed by atoms with Crippen molar-refractivity contribution in [3.8, 4) is 0 Å². The summed E-state index contributed by atoms with van der Waals surface area (Å²) in [6.07, 6.45) is 5.49. The van der Waals surface area contributed by atoms with E-state index >= 15 is 0 Å². The van der Waals surface area contributed by atoms with Crippen molar-refractivity contribution in [2.45, 2.75) is 45.2 Å². The maximum absolute atomic E-state index is 11.0. The number of hydrogen-bond donors (Lipinski definition) is 1. The van der Waals surface area contributed by atoms with Crippen molar-refractivity contribution in [1.82, 2.24) is 14.5 Å². The quantitative estimate of drug-likeness (QED) is 0.400. The van der Waals surface area contributed by atoms with Gasteiger partial charge in [-0.1, -0.05) is 12.2 Å². The minimum absolute atomic E-state index is 0.0540. The van der Waals surface area contributed by atoms with Gasteiger partial charge in [0.25, 0.3) is 0 Å². The Hall–Kier alpha value is -1.15. The minimum atomic E-state index is -0.387. The van der Waals surface area contributed by atoms with E-state index in [1.807, 2.05) is 0 Å². The summed E-state index contributed by atoms with van der Waals surface area (Å²) in [7, 11) is 0. The molecule has 20 heavy (non-hydrogen) atoms. The van der Waals surface area contributed by atoms with Crippen LogP contribution in [0, 0.1) is 17.0 Å². The van der Waals surface area contributed by atoms with E-state index in [2.05, 4.69) is 22.5 Å². The second kappa shape index (κ2) is 6.53. The first-order valence-electron chi connectivity index (χ1n) is 6.66. The Morgan fingerprint density at radius 1 is 1.65 bits per heavy atom. The van der Waals surface area contributed by atoms with Crippen LogP contribution in [0.1, 0.15) is 31.5 Å². The Labute approximate surface area is 128 Å². The van der Waals surface area contributed by atoms with E-state index in [1.54, 1.807) is 11.5 Å². The van der Waals surface area contributed by atoms with E-state index in [9.17, 15) is 10.1 Å². The number of thiol groups is 1. The van der Waals surface area contributed by atoms with Crippen LogP contribution < -0.4 is 0 Å². The summed E-state index contributed by atoms with van der Waals surface area (Å²) in [4.78, 5) is 16.7. The van der Waals surface area contributed by atoms with Gasteiger partial charge in [-0.3, -0.25) is 0 Å². The maximum Gasteiger partial charge on any atom is 0.342 e. The largest absolute Gasteiger partial charge is 0.358 e. The second-order valence-corrected chi connectivity index (χ2v) is 6.10. The summed E-state index contributed by atoms with van der Waals surface area (Å²) < 4.78 is 2.28. The van der Waals surface area contributed by atoms with Gasteiger partial charge in [0, 0.05) is 25.9 Å². The Kier molecular flexibility index (Phi) is 4.98. The highest BCUT2D eigenvalue weighted by molar-refractivity contribution is 8.10. The molecule has 1 atom stereocenters. The number of likely N-dealkylation sites (tertiary alicyclic amines) is 1. The van der Waals surface area contributed by atoms with Crippen LogP contribution in [-0.4, -0.2) is 36.3 Å². The molecule has 2 heterocycles. The number of aromatic nitrogens is 2. The molecule has 0 N–H and O–H groups in total. The van der Waals surface area contributed by atoms with Crippen LogP contribution in [0.2, 0.25) is 0 Å². The third-order valence-electron chi connectivity index (χ3n) is 3.78. The van der Waals surface area contributed by atoms with Gasteiger partial charge in [-0.2, -0.15) is 0 Å². The van der Waals surface area contributed by atoms with Gasteiger partial charge in [-0.15, -0.1) is 12.6 Å². The lowest BCUT2D eigenvalue weighted by atomic mass is 10.00. The standard InChI is InChI=1S/C12H18N4O2S2/c1-9-13-8-11(16(17)18)14(9)7-5-10-4-2-3-6-15(10)12(19)20/h8,10H,2-7H2,1H3,(H,19,20). The molecular weight excluding hydrogens is 296 g/mol. The number of piperidine rings is 1. The van der Waals surface area contributed by atoms with Crippen LogP contribution in [-0.2, 0) is 6.54 Å². The highest BCUT2D eigenvalue weighted by Gasteiger charge is 2.25. The third kappa shape index (κ3) is 3.29. The van der Waals surface area contributed by atoms with Gasteiger partial charge in [0.1, 0.15) is 10.5 Å². The predicted molar refractivity (Wildman–Crippen MR) is 84.2 cm³/mol. The van der Waals surface area contributed by atoms with E-state index in [-0.39, 0.29) is 10.7 Å². The summed E-state index contributed by atoms with van der Waals surface area (Å²) in [6.45, 7) is 3.30. The lowest BCUT2D eigenvalue weighted by Gasteiger charge is -2.36. The van der Waals surface area contributed by atoms with Gasteiger partial charge in [-0.05, 0) is 24.2 Å². The molecule has 8 heteroatoms. The van der Waals surface area contributed by atoms with Gasteiger partial charge in [0.2, 0.25) is 0 Å². The first-order chi connectivity index (χ1) is 9.50. The summed E-state index contributed by atoms with van der Waals surface area (Å²) in [5.74, 6) is 0.728. The molecule has 0 spiro atoms. The zero-order valence-electron chi connectivity index (χ0n) is 11.4. The normalized spacial score (nSPS) is 19.1. The molecule has 0 aliphatic carbocycles. The van der Waals surface area contributed by atoms with Crippen LogP contribution in [0.25, 0.3) is 0 Å². The van der Waals surface area contributed by atoms with E-state index in [0.29, 0.717) is 22.7 Å². The van der Waals surface area contributed by atoms with E-state index in [4.69, 9.17) is 12.2 Å². The molecule has 1 aromatic rings. The Balaban J connectivity index is 2.06. The lowest BCUT2D eigenvalue weighted by molar-refractivity contribution is -0.392. The molecule has 1 aliphatic heterocycles. The molecule has 2 rings (SSSR count). The van der Waals surface area contributed by atoms with Crippen molar-refractivity contribution in [3.05, 3.63) is 22.1 Å². The molecular formula is C12H18N4O2S2. The SMILES string of the molecule is Cc1ncc([N+](=O)[O-])n1CCC1CCCCN1C(=S)S. The van der Waals surface area contributed by atoms with Crippen LogP contribution in [0.5, 0.6) is 0 Å². The van der Waals surface area contributed by atoms with Crippen LogP contribution in [0.15, 0.2) is 6.20 Å². The smallest absolute Gasteiger partial charge is 0.342 e. The van der Waals surface area contributed by atoms with E-state index in [1.165, 1.54) is 12.6 Å². The van der Waals surface area contributed by atoms with Gasteiger partial charge < -0.3 is 15.0 Å². The first kappa shape index (κ1) is 15.2. The summed E-state index contributed by atoms with van der Waals surface area (Å²) in [5.41, 5.74) is 0. The maximum atomic E-state index is 11.0. The van der Waals surface area contributed by atoms with Crippen molar-refractivity contribution >= 4 is 35.0 Å². The predicted octanol–water partition coefficient (Wildman–Crippen LogP) is 2.56. The fourth-order valence-electron chi connectivity index (χ4n) is 2.71. The fraction of sp³-hybridized carbons (Fsp3) is 0.667. The third-order valence-corrected chi connectivity index (χ3v) is 4.27. The van der Waals surface area contributed by atoms with Crippen molar-refractivity contribution < 1.29 is 4.92 Å². The minimum Gasteiger partial charge on any atom is -0.358 e. The number of thiocarbonyl (C=S) groups is 1. The average molecular weight is 314 g/mol. The van der Waals surface area contributed by atoms with Crippen molar-refractivity contribution in [2.24, 2.45) is 0 Å². The highest BCUT2D eigenvalue weighted by Crippen LogP contribution is 2.23. The van der Waals surface area contributed by atoms with Gasteiger partial charge in [-0.25, -0.2) is 9.55 Å². The van der Waals surface area contributed by atoms with Gasteiger partial charge in [0.15, 0.2) is 5.82 Å². The van der Waals surface area contributed by atoms with Crippen LogP contribution in [0.3, 0.4) is 0 Å². The molecule has 0 aromatic carbocycles. The summed E-state index contributed by atoms with van der Waals surface area (Å²) in [5, 5.41) is 11.0. The fourth-order valence-corrected chi connectivity index (χ4v) is 3.21.